The Labute approximate surface area is 164 Å². The summed E-state index contributed by atoms with van der Waals surface area (Å²) in [6, 6.07) is 5.49. The van der Waals surface area contributed by atoms with Gasteiger partial charge in [0.1, 0.15) is 0 Å². The normalized spacial score (nSPS) is 17.7. The van der Waals surface area contributed by atoms with Crippen LogP contribution in [0.5, 0.6) is 0 Å². The van der Waals surface area contributed by atoms with Gasteiger partial charge in [0.05, 0.1) is 10.6 Å². The van der Waals surface area contributed by atoms with Crippen LogP contribution in [0.1, 0.15) is 25.3 Å². The largest absolute Gasteiger partial charge is 0.360 e. The van der Waals surface area contributed by atoms with E-state index < -0.39 is 9.84 Å². The molecule has 1 aliphatic heterocycles. The van der Waals surface area contributed by atoms with Gasteiger partial charge in [-0.3, -0.25) is 0 Å². The van der Waals surface area contributed by atoms with Crippen molar-refractivity contribution in [2.24, 2.45) is 0 Å². The minimum absolute atomic E-state index is 0.305. The van der Waals surface area contributed by atoms with Crippen LogP contribution >= 0.6 is 0 Å². The minimum atomic E-state index is -3.25. The van der Waals surface area contributed by atoms with Gasteiger partial charge in [0.15, 0.2) is 9.84 Å². The summed E-state index contributed by atoms with van der Waals surface area (Å²) >= 11 is 0. The first-order valence-electron chi connectivity index (χ1n) is 9.60. The van der Waals surface area contributed by atoms with E-state index in [2.05, 4.69) is 27.5 Å². The van der Waals surface area contributed by atoms with E-state index in [1.54, 1.807) is 12.1 Å². The number of hydrogen-bond acceptors (Lipinski definition) is 6. The lowest BCUT2D eigenvalue weighted by Gasteiger charge is -2.24. The standard InChI is InChI=1S/C20H25N5O2S/c1-3-13-10-23-20(24-14-5-4-8-21-11-14)25-19(13)17-12-22-18-9-15(28(2,26)27)6-7-16(17)18/h6-7,9-10,12,14,21-22H,3-5,8,11H2,1-2H3,(H,23,24,25)/t14-/m0/s1. The van der Waals surface area contributed by atoms with Crippen LogP contribution in [0.15, 0.2) is 35.5 Å². The molecule has 0 spiro atoms. The second kappa shape index (κ2) is 7.52. The molecule has 0 amide bonds. The molecule has 0 radical (unpaired) electrons. The monoisotopic (exact) mass is 399 g/mol. The Morgan fingerprint density at radius 2 is 2.18 bits per heavy atom. The molecule has 0 saturated carbocycles. The van der Waals surface area contributed by atoms with Crippen LogP contribution in [0, 0.1) is 0 Å². The number of aromatic amines is 1. The topological polar surface area (TPSA) is 99.8 Å². The van der Waals surface area contributed by atoms with Gasteiger partial charge in [-0.15, -0.1) is 0 Å². The summed E-state index contributed by atoms with van der Waals surface area (Å²) in [5.74, 6) is 0.628. The number of piperidine rings is 1. The fourth-order valence-corrected chi connectivity index (χ4v) is 4.30. The van der Waals surface area contributed by atoms with Crippen molar-refractivity contribution in [3.63, 3.8) is 0 Å². The molecule has 8 heteroatoms. The highest BCUT2D eigenvalue weighted by molar-refractivity contribution is 7.90. The number of sulfone groups is 1. The number of H-pyrrole nitrogens is 1. The lowest BCUT2D eigenvalue weighted by molar-refractivity contribution is 0.478. The first kappa shape index (κ1) is 18.9. The van der Waals surface area contributed by atoms with E-state index in [0.717, 1.165) is 60.1 Å². The van der Waals surface area contributed by atoms with Crippen LogP contribution in [0.4, 0.5) is 5.95 Å². The molecule has 148 valence electrons. The van der Waals surface area contributed by atoms with Gasteiger partial charge >= 0.3 is 0 Å². The van der Waals surface area contributed by atoms with E-state index in [1.165, 1.54) is 6.26 Å². The molecule has 1 saturated heterocycles. The number of benzene rings is 1. The van der Waals surface area contributed by atoms with Crippen molar-refractivity contribution in [1.29, 1.82) is 0 Å². The summed E-state index contributed by atoms with van der Waals surface area (Å²) in [6.07, 6.45) is 8.05. The molecule has 1 atom stereocenters. The highest BCUT2D eigenvalue weighted by Gasteiger charge is 2.18. The molecular weight excluding hydrogens is 374 g/mol. The zero-order chi connectivity index (χ0) is 19.7. The van der Waals surface area contributed by atoms with Gasteiger partial charge in [-0.1, -0.05) is 13.0 Å². The molecule has 3 heterocycles. The van der Waals surface area contributed by atoms with Gasteiger partial charge < -0.3 is 15.6 Å². The number of nitrogens with one attached hydrogen (secondary N) is 3. The maximum Gasteiger partial charge on any atom is 0.223 e. The molecule has 1 aliphatic rings. The lowest BCUT2D eigenvalue weighted by Crippen LogP contribution is -2.38. The molecule has 1 fully saturated rings. The Hall–Kier alpha value is -2.45. The number of nitrogens with zero attached hydrogens (tertiary/aromatic N) is 2. The van der Waals surface area contributed by atoms with Gasteiger partial charge in [0.25, 0.3) is 0 Å². The Morgan fingerprint density at radius 1 is 1.32 bits per heavy atom. The predicted octanol–water partition coefficient (Wildman–Crippen LogP) is 2.75. The third kappa shape index (κ3) is 3.74. The van der Waals surface area contributed by atoms with Crippen molar-refractivity contribution in [3.8, 4) is 11.3 Å². The van der Waals surface area contributed by atoms with Gasteiger partial charge in [-0.25, -0.2) is 18.4 Å². The van der Waals surface area contributed by atoms with Crippen LogP contribution < -0.4 is 10.6 Å². The number of anilines is 1. The molecule has 0 aliphatic carbocycles. The molecule has 4 rings (SSSR count). The van der Waals surface area contributed by atoms with Crippen LogP contribution in [0.3, 0.4) is 0 Å². The Morgan fingerprint density at radius 3 is 2.89 bits per heavy atom. The third-order valence-electron chi connectivity index (χ3n) is 5.21. The summed E-state index contributed by atoms with van der Waals surface area (Å²) in [7, 11) is -3.25. The Balaban J connectivity index is 1.73. The van der Waals surface area contributed by atoms with Crippen molar-refractivity contribution in [2.75, 3.05) is 24.7 Å². The average Bonchev–Trinajstić information content (AvgIpc) is 3.11. The summed E-state index contributed by atoms with van der Waals surface area (Å²) in [4.78, 5) is 12.8. The van der Waals surface area contributed by atoms with Crippen molar-refractivity contribution in [3.05, 3.63) is 36.2 Å². The second-order valence-electron chi connectivity index (χ2n) is 7.29. The molecule has 3 aromatic rings. The maximum absolute atomic E-state index is 11.8. The molecule has 7 nitrogen and oxygen atoms in total. The molecule has 3 N–H and O–H groups in total. The first-order valence-corrected chi connectivity index (χ1v) is 11.5. The maximum atomic E-state index is 11.8. The zero-order valence-electron chi connectivity index (χ0n) is 16.1. The lowest BCUT2D eigenvalue weighted by atomic mass is 10.0. The molecular formula is C20H25N5O2S. The number of hydrogen-bond donors (Lipinski definition) is 3. The summed E-state index contributed by atoms with van der Waals surface area (Å²) in [5.41, 5.74) is 3.67. The predicted molar refractivity (Wildman–Crippen MR) is 111 cm³/mol. The van der Waals surface area contributed by atoms with Gasteiger partial charge in [-0.05, 0) is 43.5 Å². The van der Waals surface area contributed by atoms with Crippen molar-refractivity contribution in [2.45, 2.75) is 37.1 Å². The van der Waals surface area contributed by atoms with E-state index in [0.29, 0.717) is 16.9 Å². The van der Waals surface area contributed by atoms with Crippen LogP contribution in [-0.4, -0.2) is 48.8 Å². The number of aryl methyl sites for hydroxylation is 1. The van der Waals surface area contributed by atoms with Gasteiger partial charge in [0, 0.05) is 47.7 Å². The molecule has 1 aromatic carbocycles. The van der Waals surface area contributed by atoms with Crippen LogP contribution in [0.25, 0.3) is 22.2 Å². The van der Waals surface area contributed by atoms with Crippen molar-refractivity contribution in [1.82, 2.24) is 20.3 Å². The van der Waals surface area contributed by atoms with E-state index in [4.69, 9.17) is 4.98 Å². The van der Waals surface area contributed by atoms with Crippen molar-refractivity contribution >= 4 is 26.7 Å². The van der Waals surface area contributed by atoms with E-state index >= 15 is 0 Å². The van der Waals surface area contributed by atoms with E-state index in [-0.39, 0.29) is 0 Å². The highest BCUT2D eigenvalue weighted by atomic mass is 32.2. The fourth-order valence-electron chi connectivity index (χ4n) is 3.66. The van der Waals surface area contributed by atoms with Crippen molar-refractivity contribution < 1.29 is 8.42 Å². The summed E-state index contributed by atoms with van der Waals surface area (Å²) in [6.45, 7) is 4.05. The van der Waals surface area contributed by atoms with Gasteiger partial charge in [0.2, 0.25) is 5.95 Å². The van der Waals surface area contributed by atoms with Crippen LogP contribution in [-0.2, 0) is 16.3 Å². The average molecular weight is 400 g/mol. The Kier molecular flexibility index (Phi) is 5.07. The van der Waals surface area contributed by atoms with Crippen LogP contribution in [0.2, 0.25) is 0 Å². The third-order valence-corrected chi connectivity index (χ3v) is 6.32. The quantitative estimate of drug-likeness (QED) is 0.610. The number of fused-ring (bicyclic) bond motifs is 1. The van der Waals surface area contributed by atoms with E-state index in [1.807, 2.05) is 18.5 Å². The molecule has 2 aromatic heterocycles. The molecule has 28 heavy (non-hydrogen) atoms. The first-order chi connectivity index (χ1) is 13.5. The Bertz CT molecular complexity index is 1100. The molecule has 0 bridgehead atoms. The summed E-state index contributed by atoms with van der Waals surface area (Å²) in [5, 5.41) is 7.78. The molecule has 0 unspecified atom stereocenters. The second-order valence-corrected chi connectivity index (χ2v) is 9.31. The zero-order valence-corrected chi connectivity index (χ0v) is 16.9. The van der Waals surface area contributed by atoms with Gasteiger partial charge in [-0.2, -0.15) is 0 Å². The smallest absolute Gasteiger partial charge is 0.223 e. The number of rotatable bonds is 5. The number of aromatic nitrogens is 3. The minimum Gasteiger partial charge on any atom is -0.360 e. The fraction of sp³-hybridized carbons (Fsp3) is 0.400. The summed E-state index contributed by atoms with van der Waals surface area (Å²) < 4.78 is 23.7. The van der Waals surface area contributed by atoms with E-state index in [9.17, 15) is 8.42 Å². The highest BCUT2D eigenvalue weighted by Crippen LogP contribution is 2.31. The SMILES string of the molecule is CCc1cnc(N[C@H]2CCCNC2)nc1-c1c[nH]c2cc(S(C)(=O)=O)ccc12.